The molecule has 2 aromatic heterocycles. The van der Waals surface area contributed by atoms with Crippen molar-refractivity contribution in [1.29, 1.82) is 0 Å². The quantitative estimate of drug-likeness (QED) is 0.566. The number of H-pyrrole nitrogens is 1. The lowest BCUT2D eigenvalue weighted by molar-refractivity contribution is 0.764. The van der Waals surface area contributed by atoms with E-state index in [0.29, 0.717) is 10.9 Å². The minimum atomic E-state index is -0.278. The van der Waals surface area contributed by atoms with Gasteiger partial charge >= 0.3 is 0 Å². The molecule has 0 aliphatic heterocycles. The Bertz CT molecular complexity index is 1200. The van der Waals surface area contributed by atoms with Crippen molar-refractivity contribution in [3.05, 3.63) is 86.9 Å². The molecule has 0 aliphatic carbocycles. The van der Waals surface area contributed by atoms with Crippen LogP contribution in [0.5, 0.6) is 0 Å². The van der Waals surface area contributed by atoms with Crippen LogP contribution in [0.15, 0.2) is 70.3 Å². The molecule has 4 heteroatoms. The van der Waals surface area contributed by atoms with Crippen molar-refractivity contribution in [2.45, 2.75) is 19.8 Å². The van der Waals surface area contributed by atoms with E-state index in [-0.39, 0.29) is 22.3 Å². The fraction of sp³-hybridized carbons (Fsp3) is 0.143. The van der Waals surface area contributed by atoms with Gasteiger partial charge in [-0.1, -0.05) is 44.2 Å². The van der Waals surface area contributed by atoms with Crippen LogP contribution in [-0.4, -0.2) is 9.55 Å². The van der Waals surface area contributed by atoms with Crippen LogP contribution in [0, 0.1) is 0 Å². The summed E-state index contributed by atoms with van der Waals surface area (Å²) in [6, 6.07) is 18.7. The Morgan fingerprint density at radius 1 is 0.880 bits per heavy atom. The third-order valence-electron chi connectivity index (χ3n) is 4.51. The number of benzene rings is 2. The second-order valence-electron chi connectivity index (χ2n) is 6.49. The number of nitrogens with one attached hydrogen (secondary N) is 1. The van der Waals surface area contributed by atoms with Gasteiger partial charge in [-0.25, -0.2) is 0 Å². The monoisotopic (exact) mass is 330 g/mol. The van der Waals surface area contributed by atoms with Crippen LogP contribution < -0.4 is 11.0 Å². The van der Waals surface area contributed by atoms with E-state index in [1.807, 2.05) is 68.4 Å². The first-order chi connectivity index (χ1) is 12.1. The summed E-state index contributed by atoms with van der Waals surface area (Å²) in [4.78, 5) is 29.5. The predicted octanol–water partition coefficient (Wildman–Crippen LogP) is 3.96. The highest BCUT2D eigenvalue weighted by Gasteiger charge is 2.17. The second kappa shape index (κ2) is 5.74. The summed E-state index contributed by atoms with van der Waals surface area (Å²) in [5.74, 6) is 0.132. The molecule has 1 N–H and O–H groups in total. The van der Waals surface area contributed by atoms with Crippen LogP contribution in [0.2, 0.25) is 0 Å². The minimum Gasteiger partial charge on any atom is -0.354 e. The molecule has 2 aromatic carbocycles. The van der Waals surface area contributed by atoms with Gasteiger partial charge in [0.2, 0.25) is 5.43 Å². The Hall–Kier alpha value is -3.14. The van der Waals surface area contributed by atoms with Crippen molar-refractivity contribution in [3.8, 4) is 5.69 Å². The second-order valence-corrected chi connectivity index (χ2v) is 6.49. The average molecular weight is 330 g/mol. The average Bonchev–Trinajstić information content (AvgIpc) is 2.62. The molecule has 0 bridgehead atoms. The van der Waals surface area contributed by atoms with Crippen molar-refractivity contribution in [1.82, 2.24) is 9.55 Å². The standard InChI is InChI=1S/C21H18N2O2/c1-13(2)18-12-17-19(20(24)15-10-6-7-11-16(15)22-17)21(25)23(18)14-8-4-3-5-9-14/h3-13H,1-2H3,(H,22,24). The molecule has 0 atom stereocenters. The van der Waals surface area contributed by atoms with E-state index in [4.69, 9.17) is 0 Å². The Kier molecular flexibility index (Phi) is 3.53. The first-order valence-corrected chi connectivity index (χ1v) is 8.34. The summed E-state index contributed by atoms with van der Waals surface area (Å²) in [6.45, 7) is 4.08. The van der Waals surface area contributed by atoms with Crippen LogP contribution in [0.1, 0.15) is 25.5 Å². The highest BCUT2D eigenvalue weighted by molar-refractivity contribution is 5.92. The van der Waals surface area contributed by atoms with Crippen LogP contribution in [0.25, 0.3) is 27.5 Å². The Balaban J connectivity index is 2.22. The molecule has 0 saturated carbocycles. The summed E-state index contributed by atoms with van der Waals surface area (Å²) >= 11 is 0. The minimum absolute atomic E-state index is 0.132. The molecule has 0 fully saturated rings. The largest absolute Gasteiger partial charge is 0.354 e. The number of hydrogen-bond donors (Lipinski definition) is 1. The van der Waals surface area contributed by atoms with E-state index in [1.165, 1.54) is 0 Å². The molecule has 4 rings (SSSR count). The van der Waals surface area contributed by atoms with E-state index in [0.717, 1.165) is 16.9 Å². The number of aromatic amines is 1. The molecule has 25 heavy (non-hydrogen) atoms. The molecule has 0 saturated heterocycles. The summed E-state index contributed by atoms with van der Waals surface area (Å²) in [5.41, 5.74) is 2.46. The topological polar surface area (TPSA) is 54.9 Å². The van der Waals surface area contributed by atoms with Crippen molar-refractivity contribution >= 4 is 21.8 Å². The number of pyridine rings is 2. The zero-order valence-electron chi connectivity index (χ0n) is 14.1. The molecule has 2 heterocycles. The maximum Gasteiger partial charge on any atom is 0.268 e. The Morgan fingerprint density at radius 3 is 2.28 bits per heavy atom. The number of aromatic nitrogens is 2. The molecule has 0 amide bonds. The smallest absolute Gasteiger partial charge is 0.268 e. The number of hydrogen-bond acceptors (Lipinski definition) is 2. The zero-order chi connectivity index (χ0) is 17.6. The normalized spacial score (nSPS) is 11.5. The number of rotatable bonds is 2. The third-order valence-corrected chi connectivity index (χ3v) is 4.51. The molecule has 4 nitrogen and oxygen atoms in total. The molecular weight excluding hydrogens is 312 g/mol. The van der Waals surface area contributed by atoms with Gasteiger partial charge in [-0.2, -0.15) is 0 Å². The van der Waals surface area contributed by atoms with Crippen LogP contribution >= 0.6 is 0 Å². The van der Waals surface area contributed by atoms with Crippen LogP contribution in [0.4, 0.5) is 0 Å². The van der Waals surface area contributed by atoms with Gasteiger partial charge in [-0.3, -0.25) is 14.2 Å². The van der Waals surface area contributed by atoms with Gasteiger partial charge in [-0.05, 0) is 36.2 Å². The zero-order valence-corrected chi connectivity index (χ0v) is 14.1. The number of nitrogens with zero attached hydrogens (tertiary/aromatic N) is 1. The highest BCUT2D eigenvalue weighted by Crippen LogP contribution is 2.21. The highest BCUT2D eigenvalue weighted by atomic mass is 16.1. The summed E-state index contributed by atoms with van der Waals surface area (Å²) in [5, 5.41) is 0.732. The SMILES string of the molecule is CC(C)c1cc2[nH]c3ccccc3c(=O)c2c(=O)n1-c1ccccc1. The van der Waals surface area contributed by atoms with Crippen LogP contribution in [-0.2, 0) is 0 Å². The van der Waals surface area contributed by atoms with Gasteiger partial charge < -0.3 is 4.98 Å². The van der Waals surface area contributed by atoms with E-state index >= 15 is 0 Å². The van der Waals surface area contributed by atoms with Gasteiger partial charge in [0.25, 0.3) is 5.56 Å². The van der Waals surface area contributed by atoms with Gasteiger partial charge in [0.05, 0.1) is 5.52 Å². The Morgan fingerprint density at radius 2 is 1.56 bits per heavy atom. The maximum absolute atomic E-state index is 13.3. The predicted molar refractivity (Wildman–Crippen MR) is 102 cm³/mol. The lowest BCUT2D eigenvalue weighted by Gasteiger charge is -2.17. The van der Waals surface area contributed by atoms with E-state index < -0.39 is 0 Å². The maximum atomic E-state index is 13.3. The van der Waals surface area contributed by atoms with Gasteiger partial charge in [0.15, 0.2) is 0 Å². The van der Waals surface area contributed by atoms with Crippen molar-refractivity contribution in [3.63, 3.8) is 0 Å². The van der Waals surface area contributed by atoms with E-state index in [9.17, 15) is 9.59 Å². The van der Waals surface area contributed by atoms with E-state index in [1.54, 1.807) is 10.6 Å². The lowest BCUT2D eigenvalue weighted by Crippen LogP contribution is -2.27. The van der Waals surface area contributed by atoms with Crippen molar-refractivity contribution in [2.75, 3.05) is 0 Å². The third kappa shape index (κ3) is 2.38. The molecule has 0 radical (unpaired) electrons. The molecule has 0 unspecified atom stereocenters. The number of para-hydroxylation sites is 2. The summed E-state index contributed by atoms with van der Waals surface area (Å²) in [7, 11) is 0. The van der Waals surface area contributed by atoms with Crippen molar-refractivity contribution in [2.24, 2.45) is 0 Å². The van der Waals surface area contributed by atoms with Crippen molar-refractivity contribution < 1.29 is 0 Å². The fourth-order valence-electron chi connectivity index (χ4n) is 3.29. The first kappa shape index (κ1) is 15.4. The van der Waals surface area contributed by atoms with Gasteiger partial charge in [0, 0.05) is 22.3 Å². The fourth-order valence-corrected chi connectivity index (χ4v) is 3.29. The summed E-state index contributed by atoms with van der Waals surface area (Å²) < 4.78 is 1.65. The molecule has 0 aliphatic rings. The molecule has 124 valence electrons. The van der Waals surface area contributed by atoms with Crippen LogP contribution in [0.3, 0.4) is 0 Å². The number of fused-ring (bicyclic) bond motifs is 2. The lowest BCUT2D eigenvalue weighted by atomic mass is 10.1. The van der Waals surface area contributed by atoms with E-state index in [2.05, 4.69) is 4.98 Å². The molecule has 0 spiro atoms. The molecule has 4 aromatic rings. The first-order valence-electron chi connectivity index (χ1n) is 8.34. The Labute approximate surface area is 144 Å². The summed E-state index contributed by atoms with van der Waals surface area (Å²) in [6.07, 6.45) is 0. The van der Waals surface area contributed by atoms with Gasteiger partial charge in [0.1, 0.15) is 5.39 Å². The van der Waals surface area contributed by atoms with Gasteiger partial charge in [-0.15, -0.1) is 0 Å². The molecular formula is C21H18N2O2.